The number of esters is 1. The highest BCUT2D eigenvalue weighted by molar-refractivity contribution is 6.02. The summed E-state index contributed by atoms with van der Waals surface area (Å²) in [6.07, 6.45) is 14.8. The molecule has 0 heterocycles. The van der Waals surface area contributed by atoms with Gasteiger partial charge in [0, 0.05) is 0 Å². The second-order valence-corrected chi connectivity index (χ2v) is 8.82. The van der Waals surface area contributed by atoms with Gasteiger partial charge in [0.25, 0.3) is 0 Å². The second kappa shape index (κ2) is 15.9. The van der Waals surface area contributed by atoms with Gasteiger partial charge in [-0.05, 0) is 43.7 Å². The molecule has 0 aliphatic carbocycles. The first-order valence-corrected chi connectivity index (χ1v) is 12.0. The Morgan fingerprint density at radius 2 is 1.30 bits per heavy atom. The number of hydrogen-bond acceptors (Lipinski definition) is 3. The topological polar surface area (TPSA) is 63.6 Å². The molecule has 170 valence electrons. The first kappa shape index (κ1) is 26.2. The molecule has 4 heteroatoms. The molecule has 0 radical (unpaired) electrons. The van der Waals surface area contributed by atoms with E-state index in [4.69, 9.17) is 4.74 Å². The van der Waals surface area contributed by atoms with Crippen LogP contribution in [0.5, 0.6) is 0 Å². The van der Waals surface area contributed by atoms with Crippen molar-refractivity contribution in [3.05, 3.63) is 35.4 Å². The van der Waals surface area contributed by atoms with E-state index in [0.29, 0.717) is 0 Å². The summed E-state index contributed by atoms with van der Waals surface area (Å²) in [4.78, 5) is 24.1. The van der Waals surface area contributed by atoms with Crippen molar-refractivity contribution in [1.82, 2.24) is 0 Å². The maximum absolute atomic E-state index is 12.7. The van der Waals surface area contributed by atoms with Gasteiger partial charge in [-0.15, -0.1) is 0 Å². The molecule has 4 nitrogen and oxygen atoms in total. The lowest BCUT2D eigenvalue weighted by Gasteiger charge is -2.19. The highest BCUT2D eigenvalue weighted by atomic mass is 16.5. The Bertz CT molecular complexity index is 609. The van der Waals surface area contributed by atoms with Crippen molar-refractivity contribution in [3.8, 4) is 0 Å². The molecule has 0 aliphatic rings. The van der Waals surface area contributed by atoms with Gasteiger partial charge in [0.05, 0.1) is 11.1 Å². The van der Waals surface area contributed by atoms with Gasteiger partial charge in [-0.3, -0.25) is 0 Å². The van der Waals surface area contributed by atoms with Crippen molar-refractivity contribution in [2.75, 3.05) is 0 Å². The molecule has 1 N–H and O–H groups in total. The predicted octanol–water partition coefficient (Wildman–Crippen LogP) is 7.66. The summed E-state index contributed by atoms with van der Waals surface area (Å²) in [5, 5.41) is 9.35. The van der Waals surface area contributed by atoms with E-state index >= 15 is 0 Å². The zero-order valence-electron chi connectivity index (χ0n) is 19.3. The Hall–Kier alpha value is -1.84. The Kier molecular flexibility index (Phi) is 13.9. The van der Waals surface area contributed by atoms with E-state index in [1.165, 1.54) is 51.0 Å². The van der Waals surface area contributed by atoms with Crippen molar-refractivity contribution in [1.29, 1.82) is 0 Å². The molecular formula is C26H42O4. The summed E-state index contributed by atoms with van der Waals surface area (Å²) in [7, 11) is 0. The Morgan fingerprint density at radius 1 is 0.800 bits per heavy atom. The fraction of sp³-hybridized carbons (Fsp3) is 0.692. The van der Waals surface area contributed by atoms with E-state index in [2.05, 4.69) is 20.8 Å². The van der Waals surface area contributed by atoms with Crippen LogP contribution in [0.4, 0.5) is 0 Å². The maximum atomic E-state index is 12.7. The van der Waals surface area contributed by atoms with E-state index < -0.39 is 11.9 Å². The molecule has 30 heavy (non-hydrogen) atoms. The summed E-state index contributed by atoms with van der Waals surface area (Å²) >= 11 is 0. The van der Waals surface area contributed by atoms with Crippen molar-refractivity contribution in [3.63, 3.8) is 0 Å². The van der Waals surface area contributed by atoms with E-state index in [1.54, 1.807) is 18.2 Å². The summed E-state index contributed by atoms with van der Waals surface area (Å²) in [5.41, 5.74) is 0.156. The summed E-state index contributed by atoms with van der Waals surface area (Å²) < 4.78 is 5.80. The molecule has 0 bridgehead atoms. The molecule has 0 spiro atoms. The van der Waals surface area contributed by atoms with Crippen LogP contribution in [-0.4, -0.2) is 23.1 Å². The lowest BCUT2D eigenvalue weighted by molar-refractivity contribution is 0.0244. The normalized spacial score (nSPS) is 12.1. The maximum Gasteiger partial charge on any atom is 0.339 e. The molecular weight excluding hydrogens is 376 g/mol. The number of carboxylic acids is 1. The Morgan fingerprint density at radius 3 is 1.87 bits per heavy atom. The fourth-order valence-corrected chi connectivity index (χ4v) is 3.76. The fourth-order valence-electron chi connectivity index (χ4n) is 3.76. The van der Waals surface area contributed by atoms with Gasteiger partial charge in [-0.2, -0.15) is 0 Å². The highest BCUT2D eigenvalue weighted by Crippen LogP contribution is 2.20. The molecule has 0 fully saturated rings. The minimum Gasteiger partial charge on any atom is -0.478 e. The SMILES string of the molecule is CCCCCCCCCC(CCCCCC(C)C)OC(=O)c1ccccc1C(=O)O. The van der Waals surface area contributed by atoms with E-state index in [0.717, 1.165) is 44.4 Å². The van der Waals surface area contributed by atoms with E-state index in [9.17, 15) is 14.7 Å². The van der Waals surface area contributed by atoms with E-state index in [-0.39, 0.29) is 17.2 Å². The standard InChI is InChI=1S/C26H42O4/c1-4-5-6-7-8-9-12-17-22(18-13-10-11-16-21(2)3)30-26(29)24-20-15-14-19-23(24)25(27)28/h14-15,19-22H,4-13,16-18H2,1-3H3,(H,27,28). The van der Waals surface area contributed by atoms with Crippen LogP contribution in [0.15, 0.2) is 24.3 Å². The number of ether oxygens (including phenoxy) is 1. The molecule has 1 rings (SSSR count). The van der Waals surface area contributed by atoms with Crippen LogP contribution in [0.1, 0.15) is 125 Å². The highest BCUT2D eigenvalue weighted by Gasteiger charge is 2.20. The van der Waals surface area contributed by atoms with Gasteiger partial charge in [-0.1, -0.05) is 90.7 Å². The van der Waals surface area contributed by atoms with Crippen LogP contribution in [-0.2, 0) is 4.74 Å². The molecule has 0 aliphatic heterocycles. The molecule has 0 amide bonds. The van der Waals surface area contributed by atoms with Crippen molar-refractivity contribution in [2.24, 2.45) is 5.92 Å². The number of benzene rings is 1. The average molecular weight is 419 g/mol. The largest absolute Gasteiger partial charge is 0.478 e. The van der Waals surface area contributed by atoms with Crippen LogP contribution in [0.2, 0.25) is 0 Å². The summed E-state index contributed by atoms with van der Waals surface area (Å²) in [5.74, 6) is -0.887. The molecule has 0 saturated heterocycles. The third kappa shape index (κ3) is 11.4. The predicted molar refractivity (Wildman–Crippen MR) is 123 cm³/mol. The zero-order valence-corrected chi connectivity index (χ0v) is 19.3. The molecule has 1 aromatic carbocycles. The number of carbonyl (C=O) groups is 2. The lowest BCUT2D eigenvalue weighted by Crippen LogP contribution is -2.20. The minimum atomic E-state index is -1.10. The summed E-state index contributed by atoms with van der Waals surface area (Å²) in [6.45, 7) is 6.71. The van der Waals surface area contributed by atoms with Gasteiger partial charge < -0.3 is 9.84 Å². The first-order chi connectivity index (χ1) is 14.5. The number of hydrogen-bond donors (Lipinski definition) is 1. The lowest BCUT2D eigenvalue weighted by atomic mass is 10.00. The van der Waals surface area contributed by atoms with Crippen molar-refractivity contribution >= 4 is 11.9 Å². The monoisotopic (exact) mass is 418 g/mol. The first-order valence-electron chi connectivity index (χ1n) is 12.0. The number of carboxylic acid groups (broad SMARTS) is 1. The van der Waals surface area contributed by atoms with Crippen LogP contribution >= 0.6 is 0 Å². The van der Waals surface area contributed by atoms with Gasteiger partial charge in [-0.25, -0.2) is 9.59 Å². The van der Waals surface area contributed by atoms with Gasteiger partial charge in [0.1, 0.15) is 6.10 Å². The van der Waals surface area contributed by atoms with Gasteiger partial charge in [0.15, 0.2) is 0 Å². The minimum absolute atomic E-state index is 0.00843. The molecule has 0 aromatic heterocycles. The number of aromatic carboxylic acids is 1. The molecule has 1 atom stereocenters. The zero-order chi connectivity index (χ0) is 22.2. The smallest absolute Gasteiger partial charge is 0.339 e. The number of rotatable bonds is 17. The molecule has 1 aromatic rings. The van der Waals surface area contributed by atoms with Crippen molar-refractivity contribution < 1.29 is 19.4 Å². The average Bonchev–Trinajstić information content (AvgIpc) is 2.72. The van der Waals surface area contributed by atoms with Crippen LogP contribution < -0.4 is 0 Å². The third-order valence-electron chi connectivity index (χ3n) is 5.59. The van der Waals surface area contributed by atoms with E-state index in [1.807, 2.05) is 0 Å². The quantitative estimate of drug-likeness (QED) is 0.208. The van der Waals surface area contributed by atoms with Crippen LogP contribution in [0.25, 0.3) is 0 Å². The Labute approximate surface area is 183 Å². The van der Waals surface area contributed by atoms with Crippen LogP contribution in [0.3, 0.4) is 0 Å². The third-order valence-corrected chi connectivity index (χ3v) is 5.59. The molecule has 1 unspecified atom stereocenters. The van der Waals surface area contributed by atoms with Crippen molar-refractivity contribution in [2.45, 2.75) is 110 Å². The van der Waals surface area contributed by atoms with Gasteiger partial charge >= 0.3 is 11.9 Å². The van der Waals surface area contributed by atoms with Gasteiger partial charge in [0.2, 0.25) is 0 Å². The number of carbonyl (C=O) groups excluding carboxylic acids is 1. The van der Waals surface area contributed by atoms with Crippen LogP contribution in [0, 0.1) is 5.92 Å². The Balaban J connectivity index is 2.56. The molecule has 0 saturated carbocycles. The summed E-state index contributed by atoms with van der Waals surface area (Å²) in [6, 6.07) is 6.31. The second-order valence-electron chi connectivity index (χ2n) is 8.82. The number of unbranched alkanes of at least 4 members (excludes halogenated alkanes) is 8.